The molecule has 0 spiro atoms. The van der Waals surface area contributed by atoms with Gasteiger partial charge in [-0.25, -0.2) is 0 Å². The fourth-order valence-electron chi connectivity index (χ4n) is 3.11. The molecule has 2 aromatic rings. The van der Waals surface area contributed by atoms with Crippen molar-refractivity contribution in [2.45, 2.75) is 46.0 Å². The van der Waals surface area contributed by atoms with Crippen molar-refractivity contribution in [2.75, 3.05) is 0 Å². The maximum absolute atomic E-state index is 12.5. The number of aryl methyl sites for hydroxylation is 4. The van der Waals surface area contributed by atoms with Gasteiger partial charge in [0.25, 0.3) is 0 Å². The number of Topliss-reactive ketones (excluding diaryl/α,β-unsaturated/α-hetero) is 1. The molecule has 0 aromatic heterocycles. The number of hydrogen-bond donors (Lipinski definition) is 0. The van der Waals surface area contributed by atoms with Crippen LogP contribution in [0.4, 0.5) is 0 Å². The van der Waals surface area contributed by atoms with Gasteiger partial charge >= 0.3 is 0 Å². The molecule has 21 heavy (non-hydrogen) atoms. The molecule has 0 atom stereocenters. The Bertz CT molecular complexity index is 682. The van der Waals surface area contributed by atoms with E-state index in [9.17, 15) is 4.79 Å². The quantitative estimate of drug-likeness (QED) is 0.749. The number of carbonyl (C=O) groups is 1. The van der Waals surface area contributed by atoms with E-state index >= 15 is 0 Å². The number of rotatable bonds is 3. The predicted octanol–water partition coefficient (Wildman–Crippen LogP) is 4.61. The van der Waals surface area contributed by atoms with E-state index in [0.717, 1.165) is 17.5 Å². The summed E-state index contributed by atoms with van der Waals surface area (Å²) in [5, 5.41) is 0. The van der Waals surface area contributed by atoms with Crippen molar-refractivity contribution in [2.24, 2.45) is 0 Å². The normalized spacial score (nSPS) is 13.8. The van der Waals surface area contributed by atoms with E-state index in [2.05, 4.69) is 44.2 Å². The first-order valence-electron chi connectivity index (χ1n) is 7.84. The van der Waals surface area contributed by atoms with E-state index < -0.39 is 0 Å². The van der Waals surface area contributed by atoms with Crippen LogP contribution in [0.3, 0.4) is 0 Å². The highest BCUT2D eigenvalue weighted by atomic mass is 16.1. The lowest BCUT2D eigenvalue weighted by Gasteiger charge is -2.16. The van der Waals surface area contributed by atoms with Gasteiger partial charge in [0.2, 0.25) is 0 Å². The highest BCUT2D eigenvalue weighted by molar-refractivity contribution is 5.97. The van der Waals surface area contributed by atoms with Crippen LogP contribution in [0.25, 0.3) is 0 Å². The summed E-state index contributed by atoms with van der Waals surface area (Å²) in [5.74, 6) is 0.228. The van der Waals surface area contributed by atoms with E-state index in [0.29, 0.717) is 6.42 Å². The van der Waals surface area contributed by atoms with Crippen LogP contribution >= 0.6 is 0 Å². The minimum absolute atomic E-state index is 0.228. The third-order valence-electron chi connectivity index (χ3n) is 4.61. The van der Waals surface area contributed by atoms with Gasteiger partial charge in [0.15, 0.2) is 5.78 Å². The van der Waals surface area contributed by atoms with Crippen molar-refractivity contribution in [1.29, 1.82) is 0 Å². The molecular formula is C20H22O. The Labute approximate surface area is 127 Å². The Morgan fingerprint density at radius 1 is 0.905 bits per heavy atom. The van der Waals surface area contributed by atoms with E-state index in [1.54, 1.807) is 0 Å². The summed E-state index contributed by atoms with van der Waals surface area (Å²) in [6.07, 6.45) is 5.33. The molecule has 2 aromatic carbocycles. The molecule has 3 rings (SSSR count). The monoisotopic (exact) mass is 278 g/mol. The van der Waals surface area contributed by atoms with E-state index in [-0.39, 0.29) is 5.78 Å². The molecule has 1 nitrogen and oxygen atoms in total. The maximum Gasteiger partial charge on any atom is 0.167 e. The summed E-state index contributed by atoms with van der Waals surface area (Å²) in [6, 6.07) is 12.6. The predicted molar refractivity (Wildman–Crippen MR) is 87.0 cm³/mol. The zero-order valence-electron chi connectivity index (χ0n) is 12.9. The molecule has 1 aliphatic carbocycles. The zero-order valence-corrected chi connectivity index (χ0v) is 12.9. The van der Waals surface area contributed by atoms with Crippen LogP contribution in [0, 0.1) is 13.8 Å². The number of fused-ring (bicyclic) bond motifs is 1. The lowest BCUT2D eigenvalue weighted by Crippen LogP contribution is -2.08. The lowest BCUT2D eigenvalue weighted by atomic mass is 9.89. The Balaban J connectivity index is 1.80. The second-order valence-electron chi connectivity index (χ2n) is 6.21. The maximum atomic E-state index is 12.5. The topological polar surface area (TPSA) is 17.1 Å². The summed E-state index contributed by atoms with van der Waals surface area (Å²) < 4.78 is 0. The smallest absolute Gasteiger partial charge is 0.167 e. The lowest BCUT2D eigenvalue weighted by molar-refractivity contribution is 0.0993. The summed E-state index contributed by atoms with van der Waals surface area (Å²) in [7, 11) is 0. The first-order chi connectivity index (χ1) is 10.1. The SMILES string of the molecule is Cc1ccc(CC(=O)c2ccc3c(c2)CCCC3)cc1C. The van der Waals surface area contributed by atoms with Crippen molar-refractivity contribution in [1.82, 2.24) is 0 Å². The van der Waals surface area contributed by atoms with E-state index in [1.807, 2.05) is 6.07 Å². The minimum Gasteiger partial charge on any atom is -0.294 e. The Morgan fingerprint density at radius 2 is 1.67 bits per heavy atom. The van der Waals surface area contributed by atoms with Gasteiger partial charge in [0, 0.05) is 12.0 Å². The van der Waals surface area contributed by atoms with Gasteiger partial charge in [0.05, 0.1) is 0 Å². The van der Waals surface area contributed by atoms with Gasteiger partial charge in [-0.05, 0) is 73.4 Å². The number of benzene rings is 2. The van der Waals surface area contributed by atoms with Gasteiger partial charge in [-0.1, -0.05) is 30.3 Å². The van der Waals surface area contributed by atoms with Gasteiger partial charge in [0.1, 0.15) is 0 Å². The highest BCUT2D eigenvalue weighted by Gasteiger charge is 2.13. The second-order valence-corrected chi connectivity index (χ2v) is 6.21. The minimum atomic E-state index is 0.228. The van der Waals surface area contributed by atoms with Gasteiger partial charge in [-0.3, -0.25) is 4.79 Å². The molecule has 0 aliphatic heterocycles. The van der Waals surface area contributed by atoms with E-state index in [4.69, 9.17) is 0 Å². The molecule has 0 amide bonds. The van der Waals surface area contributed by atoms with Crippen molar-refractivity contribution in [3.8, 4) is 0 Å². The molecule has 1 heteroatoms. The molecule has 0 unspecified atom stereocenters. The summed E-state index contributed by atoms with van der Waals surface area (Å²) in [6.45, 7) is 4.20. The fourth-order valence-corrected chi connectivity index (χ4v) is 3.11. The van der Waals surface area contributed by atoms with Crippen molar-refractivity contribution in [3.05, 3.63) is 69.8 Å². The molecule has 0 saturated carbocycles. The third-order valence-corrected chi connectivity index (χ3v) is 4.61. The largest absolute Gasteiger partial charge is 0.294 e. The first-order valence-corrected chi connectivity index (χ1v) is 7.84. The molecule has 0 heterocycles. The fraction of sp³-hybridized carbons (Fsp3) is 0.350. The van der Waals surface area contributed by atoms with Crippen molar-refractivity contribution >= 4 is 5.78 Å². The summed E-state index contributed by atoms with van der Waals surface area (Å²) in [5.41, 5.74) is 7.33. The molecular weight excluding hydrogens is 256 g/mol. The van der Waals surface area contributed by atoms with Crippen LogP contribution in [0.2, 0.25) is 0 Å². The Kier molecular flexibility index (Phi) is 3.92. The van der Waals surface area contributed by atoms with Gasteiger partial charge < -0.3 is 0 Å². The zero-order chi connectivity index (χ0) is 14.8. The summed E-state index contributed by atoms with van der Waals surface area (Å²) in [4.78, 5) is 12.5. The summed E-state index contributed by atoms with van der Waals surface area (Å²) >= 11 is 0. The number of hydrogen-bond acceptors (Lipinski definition) is 1. The van der Waals surface area contributed by atoms with Gasteiger partial charge in [-0.15, -0.1) is 0 Å². The van der Waals surface area contributed by atoms with Crippen LogP contribution in [0.5, 0.6) is 0 Å². The highest BCUT2D eigenvalue weighted by Crippen LogP contribution is 2.23. The molecule has 0 fully saturated rings. The standard InChI is InChI=1S/C20H22O/c1-14-7-8-16(11-15(14)2)12-20(21)19-10-9-17-5-3-4-6-18(17)13-19/h7-11,13H,3-6,12H2,1-2H3. The van der Waals surface area contributed by atoms with Crippen molar-refractivity contribution in [3.63, 3.8) is 0 Å². The molecule has 0 radical (unpaired) electrons. The molecule has 0 bridgehead atoms. The average Bonchev–Trinajstić information content (AvgIpc) is 2.50. The molecule has 1 aliphatic rings. The van der Waals surface area contributed by atoms with Crippen molar-refractivity contribution < 1.29 is 4.79 Å². The molecule has 108 valence electrons. The second kappa shape index (κ2) is 5.85. The van der Waals surface area contributed by atoms with Crippen LogP contribution in [0.1, 0.15) is 51.0 Å². The van der Waals surface area contributed by atoms with Crippen LogP contribution in [-0.2, 0) is 19.3 Å². The Morgan fingerprint density at radius 3 is 2.43 bits per heavy atom. The van der Waals surface area contributed by atoms with Crippen LogP contribution in [0.15, 0.2) is 36.4 Å². The molecule has 0 N–H and O–H groups in total. The average molecular weight is 278 g/mol. The van der Waals surface area contributed by atoms with Crippen LogP contribution in [-0.4, -0.2) is 5.78 Å². The van der Waals surface area contributed by atoms with E-state index in [1.165, 1.54) is 41.5 Å². The van der Waals surface area contributed by atoms with Gasteiger partial charge in [-0.2, -0.15) is 0 Å². The Hall–Kier alpha value is -1.89. The number of carbonyl (C=O) groups excluding carboxylic acids is 1. The molecule has 0 saturated heterocycles. The number of ketones is 1. The first kappa shape index (κ1) is 14.1. The third kappa shape index (κ3) is 3.07. The van der Waals surface area contributed by atoms with Crippen LogP contribution < -0.4 is 0 Å².